The predicted octanol–water partition coefficient (Wildman–Crippen LogP) is 14.5. The Balaban J connectivity index is 1.04. The highest BCUT2D eigenvalue weighted by Gasteiger charge is 2.20. The summed E-state index contributed by atoms with van der Waals surface area (Å²) in [7, 11) is 0. The Morgan fingerprint density at radius 2 is 1.11 bits per heavy atom. The van der Waals surface area contributed by atoms with Crippen molar-refractivity contribution in [3.05, 3.63) is 188 Å². The lowest BCUT2D eigenvalue weighted by molar-refractivity contribution is 0.669. The van der Waals surface area contributed by atoms with E-state index in [1.807, 2.05) is 35.6 Å². The number of aromatic nitrogens is 3. The van der Waals surface area contributed by atoms with Crippen molar-refractivity contribution in [2.24, 2.45) is 0 Å². The first-order valence-electron chi connectivity index (χ1n) is 19.1. The topological polar surface area (TPSA) is 43.9 Å². The predicted molar refractivity (Wildman–Crippen MR) is 238 cm³/mol. The minimum absolute atomic E-state index is 0.621. The second kappa shape index (κ2) is 12.6. The van der Waals surface area contributed by atoms with Crippen LogP contribution in [0.4, 0.5) is 0 Å². The molecule has 4 aromatic heterocycles. The molecule has 8 aromatic carbocycles. The fourth-order valence-corrected chi connectivity index (χ4v) is 9.72. The summed E-state index contributed by atoms with van der Waals surface area (Å²) in [6.45, 7) is 0. The summed E-state index contributed by atoms with van der Waals surface area (Å²) in [6, 6.07) is 66.5. The number of nitrogens with zero attached hydrogens (tertiary/aromatic N) is 3. The third-order valence-electron chi connectivity index (χ3n) is 11.2. The molecule has 12 rings (SSSR count). The number of para-hydroxylation sites is 3. The number of thiophene rings is 1. The third-order valence-corrected chi connectivity index (χ3v) is 12.4. The molecule has 0 aliphatic carbocycles. The fraction of sp³-hybridized carbons (Fsp3) is 0. The van der Waals surface area contributed by atoms with E-state index in [-0.39, 0.29) is 0 Å². The molecule has 0 spiro atoms. The monoisotopic (exact) mass is 745 g/mol. The van der Waals surface area contributed by atoms with Crippen LogP contribution in [0.3, 0.4) is 0 Å². The van der Waals surface area contributed by atoms with E-state index in [2.05, 4.69) is 168 Å². The summed E-state index contributed by atoms with van der Waals surface area (Å²) in [6.07, 6.45) is 0. The van der Waals surface area contributed by atoms with Crippen molar-refractivity contribution in [3.8, 4) is 50.7 Å². The quantitative estimate of drug-likeness (QED) is 0.176. The maximum absolute atomic E-state index is 6.50. The molecule has 57 heavy (non-hydrogen) atoms. The van der Waals surface area contributed by atoms with Crippen molar-refractivity contribution in [3.63, 3.8) is 0 Å². The van der Waals surface area contributed by atoms with Crippen LogP contribution in [0, 0.1) is 0 Å². The van der Waals surface area contributed by atoms with Gasteiger partial charge in [0.1, 0.15) is 11.2 Å². The average Bonchev–Trinajstić information content (AvgIpc) is 3.96. The van der Waals surface area contributed by atoms with Gasteiger partial charge in [-0.25, -0.2) is 9.97 Å². The molecule has 0 N–H and O–H groups in total. The molecule has 0 bridgehead atoms. The van der Waals surface area contributed by atoms with Crippen molar-refractivity contribution < 1.29 is 4.42 Å². The summed E-state index contributed by atoms with van der Waals surface area (Å²) in [5.74, 6) is 0.621. The van der Waals surface area contributed by atoms with Gasteiger partial charge in [0.15, 0.2) is 5.82 Å². The first kappa shape index (κ1) is 32.0. The van der Waals surface area contributed by atoms with E-state index in [1.165, 1.54) is 42.0 Å². The molecule has 0 fully saturated rings. The minimum Gasteiger partial charge on any atom is -0.455 e. The SMILES string of the molecule is c1ccc(-c2cccc(-c3cc(-c4ccc(-n5c6ccccc6c6c7c(ccc65)sc5ccccc57)cc4)nc(-c4cccc5c4oc4ccccc45)n3)c2)cc1. The fourth-order valence-electron chi connectivity index (χ4n) is 8.61. The first-order chi connectivity index (χ1) is 28.2. The number of fused-ring (bicyclic) bond motifs is 10. The standard InChI is InChI=1S/C52H31N3OS/c1-2-12-32(13-3-1)34-14-10-15-35(30-34)43-31-42(53-52(54-43)41-20-11-19-38-37-16-5-8-22-46(37)56-51(38)41)33-24-26-36(27-25-33)55-44-21-7-4-17-39(44)49-45(55)28-29-48-50(49)40-18-6-9-23-47(40)57-48/h1-31H. The van der Waals surface area contributed by atoms with Crippen molar-refractivity contribution in [1.29, 1.82) is 0 Å². The van der Waals surface area contributed by atoms with E-state index in [0.29, 0.717) is 5.82 Å². The maximum Gasteiger partial charge on any atom is 0.164 e. The highest BCUT2D eigenvalue weighted by atomic mass is 32.1. The average molecular weight is 746 g/mol. The first-order valence-corrected chi connectivity index (χ1v) is 20.0. The maximum atomic E-state index is 6.50. The zero-order valence-corrected chi connectivity index (χ0v) is 31.4. The Kier molecular flexibility index (Phi) is 7.06. The number of benzene rings is 8. The zero-order valence-electron chi connectivity index (χ0n) is 30.6. The molecule has 0 aliphatic heterocycles. The molecule has 0 radical (unpaired) electrons. The smallest absolute Gasteiger partial charge is 0.164 e. The van der Waals surface area contributed by atoms with Crippen LogP contribution >= 0.6 is 11.3 Å². The van der Waals surface area contributed by atoms with Crippen molar-refractivity contribution in [2.45, 2.75) is 0 Å². The van der Waals surface area contributed by atoms with E-state index in [9.17, 15) is 0 Å². The van der Waals surface area contributed by atoms with Gasteiger partial charge in [-0.2, -0.15) is 0 Å². The van der Waals surface area contributed by atoms with Crippen LogP contribution in [0.2, 0.25) is 0 Å². The molecule has 0 saturated heterocycles. The van der Waals surface area contributed by atoms with E-state index in [0.717, 1.165) is 66.8 Å². The summed E-state index contributed by atoms with van der Waals surface area (Å²) in [4.78, 5) is 10.5. The van der Waals surface area contributed by atoms with Gasteiger partial charge in [0.05, 0.1) is 28.0 Å². The zero-order chi connectivity index (χ0) is 37.5. The van der Waals surface area contributed by atoms with Crippen LogP contribution in [-0.2, 0) is 0 Å². The molecule has 0 saturated carbocycles. The lowest BCUT2D eigenvalue weighted by atomic mass is 10.0. The highest BCUT2D eigenvalue weighted by Crippen LogP contribution is 2.44. The summed E-state index contributed by atoms with van der Waals surface area (Å²) in [5.41, 5.74) is 12.0. The lowest BCUT2D eigenvalue weighted by Crippen LogP contribution is -1.97. The number of hydrogen-bond acceptors (Lipinski definition) is 4. The summed E-state index contributed by atoms with van der Waals surface area (Å²) < 4.78 is 11.5. The van der Waals surface area contributed by atoms with Crippen molar-refractivity contribution in [2.75, 3.05) is 0 Å². The molecule has 266 valence electrons. The van der Waals surface area contributed by atoms with Crippen LogP contribution in [0.25, 0.3) is 115 Å². The molecule has 4 heterocycles. The molecule has 4 nitrogen and oxygen atoms in total. The van der Waals surface area contributed by atoms with E-state index < -0.39 is 0 Å². The van der Waals surface area contributed by atoms with E-state index in [1.54, 1.807) is 0 Å². The van der Waals surface area contributed by atoms with Gasteiger partial charge in [0.2, 0.25) is 0 Å². The van der Waals surface area contributed by atoms with E-state index >= 15 is 0 Å². The van der Waals surface area contributed by atoms with Gasteiger partial charge in [0, 0.05) is 58.5 Å². The van der Waals surface area contributed by atoms with Gasteiger partial charge in [0.25, 0.3) is 0 Å². The van der Waals surface area contributed by atoms with Crippen LogP contribution in [0.15, 0.2) is 192 Å². The summed E-state index contributed by atoms with van der Waals surface area (Å²) >= 11 is 1.86. The van der Waals surface area contributed by atoms with Gasteiger partial charge >= 0.3 is 0 Å². The van der Waals surface area contributed by atoms with E-state index in [4.69, 9.17) is 14.4 Å². The van der Waals surface area contributed by atoms with Gasteiger partial charge in [-0.1, -0.05) is 127 Å². The molecule has 0 amide bonds. The molecular weight excluding hydrogens is 715 g/mol. The molecule has 12 aromatic rings. The lowest BCUT2D eigenvalue weighted by Gasteiger charge is -2.12. The third kappa shape index (κ3) is 5.06. The number of hydrogen-bond donors (Lipinski definition) is 0. The van der Waals surface area contributed by atoms with Crippen molar-refractivity contribution in [1.82, 2.24) is 14.5 Å². The molecule has 0 unspecified atom stereocenters. The number of rotatable bonds is 5. The van der Waals surface area contributed by atoms with Crippen molar-refractivity contribution >= 4 is 75.3 Å². The highest BCUT2D eigenvalue weighted by molar-refractivity contribution is 7.26. The van der Waals surface area contributed by atoms with Crippen LogP contribution < -0.4 is 0 Å². The Morgan fingerprint density at radius 1 is 0.421 bits per heavy atom. The van der Waals surface area contributed by atoms with Gasteiger partial charge < -0.3 is 8.98 Å². The van der Waals surface area contributed by atoms with Crippen LogP contribution in [-0.4, -0.2) is 14.5 Å². The number of furan rings is 1. The Morgan fingerprint density at radius 3 is 1.98 bits per heavy atom. The second-order valence-electron chi connectivity index (χ2n) is 14.5. The molecule has 0 atom stereocenters. The Labute approximate surface area is 331 Å². The second-order valence-corrected chi connectivity index (χ2v) is 15.6. The Bertz CT molecular complexity index is 3520. The van der Waals surface area contributed by atoms with Gasteiger partial charge in [-0.3, -0.25) is 0 Å². The molecular formula is C52H31N3OS. The largest absolute Gasteiger partial charge is 0.455 e. The van der Waals surface area contributed by atoms with Gasteiger partial charge in [-0.15, -0.1) is 11.3 Å². The summed E-state index contributed by atoms with van der Waals surface area (Å²) in [5, 5.41) is 7.32. The Hall–Kier alpha value is -7.34. The normalized spacial score (nSPS) is 11.9. The molecule has 0 aliphatic rings. The minimum atomic E-state index is 0.621. The van der Waals surface area contributed by atoms with Crippen LogP contribution in [0.1, 0.15) is 0 Å². The van der Waals surface area contributed by atoms with Crippen LogP contribution in [0.5, 0.6) is 0 Å². The van der Waals surface area contributed by atoms with Gasteiger partial charge in [-0.05, 0) is 71.8 Å². The molecule has 5 heteroatoms.